The van der Waals surface area contributed by atoms with Crippen LogP contribution in [0.2, 0.25) is 5.02 Å². The van der Waals surface area contributed by atoms with Gasteiger partial charge in [0.15, 0.2) is 0 Å². The molecule has 0 atom stereocenters. The van der Waals surface area contributed by atoms with E-state index in [1.54, 1.807) is 0 Å². The zero-order valence-electron chi connectivity index (χ0n) is 8.83. The van der Waals surface area contributed by atoms with Gasteiger partial charge in [-0.3, -0.25) is 0 Å². The number of halogens is 1. The minimum atomic E-state index is 0.249. The maximum atomic E-state index is 6.09. The fourth-order valence-corrected chi connectivity index (χ4v) is 1.95. The van der Waals surface area contributed by atoms with E-state index in [1.807, 2.05) is 25.1 Å². The molecule has 2 nitrogen and oxygen atoms in total. The Morgan fingerprint density at radius 2 is 2.07 bits per heavy atom. The minimum Gasteiger partial charge on any atom is -0.489 e. The van der Waals surface area contributed by atoms with E-state index in [2.05, 4.69) is 0 Å². The highest BCUT2D eigenvalue weighted by molar-refractivity contribution is 6.32. The van der Waals surface area contributed by atoms with Gasteiger partial charge in [-0.1, -0.05) is 17.7 Å². The summed E-state index contributed by atoms with van der Waals surface area (Å²) >= 11 is 6.09. The standard InChI is InChI=1S/C12H15ClO2/c1-9-2-3-12(11(13)8-9)15-10-4-6-14-7-5-10/h2-3,8,10H,4-7H2,1H3. The van der Waals surface area contributed by atoms with Crippen LogP contribution in [0.3, 0.4) is 0 Å². The van der Waals surface area contributed by atoms with E-state index >= 15 is 0 Å². The van der Waals surface area contributed by atoms with Gasteiger partial charge >= 0.3 is 0 Å². The van der Waals surface area contributed by atoms with Crippen molar-refractivity contribution in [3.8, 4) is 5.75 Å². The van der Waals surface area contributed by atoms with Crippen LogP contribution in [0, 0.1) is 6.92 Å². The molecule has 15 heavy (non-hydrogen) atoms. The predicted molar refractivity (Wildman–Crippen MR) is 60.7 cm³/mol. The molecular formula is C12H15ClO2. The van der Waals surface area contributed by atoms with Crippen LogP contribution in [0.5, 0.6) is 5.75 Å². The summed E-state index contributed by atoms with van der Waals surface area (Å²) < 4.78 is 11.1. The quantitative estimate of drug-likeness (QED) is 0.771. The van der Waals surface area contributed by atoms with Gasteiger partial charge in [-0.25, -0.2) is 0 Å². The maximum absolute atomic E-state index is 6.09. The van der Waals surface area contributed by atoms with Crippen LogP contribution in [-0.2, 0) is 4.74 Å². The third-order valence-electron chi connectivity index (χ3n) is 2.55. The van der Waals surface area contributed by atoms with Crippen molar-refractivity contribution in [2.75, 3.05) is 13.2 Å². The summed E-state index contributed by atoms with van der Waals surface area (Å²) in [6.07, 6.45) is 2.15. The van der Waals surface area contributed by atoms with Gasteiger partial charge in [0.05, 0.1) is 18.2 Å². The molecule has 0 spiro atoms. The molecule has 1 saturated heterocycles. The number of hydrogen-bond donors (Lipinski definition) is 0. The summed E-state index contributed by atoms with van der Waals surface area (Å²) in [5.74, 6) is 0.786. The second kappa shape index (κ2) is 4.86. The molecule has 0 aromatic heterocycles. The first-order chi connectivity index (χ1) is 7.25. The Balaban J connectivity index is 2.03. The average molecular weight is 227 g/mol. The van der Waals surface area contributed by atoms with Gasteiger partial charge in [0.25, 0.3) is 0 Å². The summed E-state index contributed by atoms with van der Waals surface area (Å²) in [6, 6.07) is 5.88. The number of rotatable bonds is 2. The monoisotopic (exact) mass is 226 g/mol. The number of benzene rings is 1. The molecule has 1 aliphatic rings. The Hall–Kier alpha value is -0.730. The fraction of sp³-hybridized carbons (Fsp3) is 0.500. The molecule has 0 aliphatic carbocycles. The van der Waals surface area contributed by atoms with Gasteiger partial charge in [0, 0.05) is 12.8 Å². The Bertz CT molecular complexity index is 332. The third kappa shape index (κ3) is 2.86. The van der Waals surface area contributed by atoms with Crippen molar-refractivity contribution in [3.63, 3.8) is 0 Å². The topological polar surface area (TPSA) is 18.5 Å². The summed E-state index contributed by atoms with van der Waals surface area (Å²) in [5, 5.41) is 0.696. The molecule has 1 aromatic carbocycles. The van der Waals surface area contributed by atoms with E-state index in [1.165, 1.54) is 0 Å². The molecule has 0 radical (unpaired) electrons. The highest BCUT2D eigenvalue weighted by Gasteiger charge is 2.16. The molecule has 1 fully saturated rings. The highest BCUT2D eigenvalue weighted by Crippen LogP contribution is 2.27. The first-order valence-corrected chi connectivity index (χ1v) is 5.64. The van der Waals surface area contributed by atoms with Crippen molar-refractivity contribution >= 4 is 11.6 Å². The van der Waals surface area contributed by atoms with Crippen LogP contribution in [0.1, 0.15) is 18.4 Å². The van der Waals surface area contributed by atoms with E-state index in [0.29, 0.717) is 5.02 Å². The van der Waals surface area contributed by atoms with Crippen molar-refractivity contribution in [2.24, 2.45) is 0 Å². The smallest absolute Gasteiger partial charge is 0.138 e. The summed E-state index contributed by atoms with van der Waals surface area (Å²) in [5.41, 5.74) is 1.15. The average Bonchev–Trinajstić information content (AvgIpc) is 2.24. The van der Waals surface area contributed by atoms with E-state index in [4.69, 9.17) is 21.1 Å². The summed E-state index contributed by atoms with van der Waals surface area (Å²) in [4.78, 5) is 0. The van der Waals surface area contributed by atoms with Crippen LogP contribution < -0.4 is 4.74 Å². The molecule has 1 aromatic rings. The zero-order chi connectivity index (χ0) is 10.7. The highest BCUT2D eigenvalue weighted by atomic mass is 35.5. The maximum Gasteiger partial charge on any atom is 0.138 e. The Kier molecular flexibility index (Phi) is 3.49. The summed E-state index contributed by atoms with van der Waals surface area (Å²) in [6.45, 7) is 3.59. The zero-order valence-corrected chi connectivity index (χ0v) is 9.59. The largest absolute Gasteiger partial charge is 0.489 e. The van der Waals surface area contributed by atoms with Crippen LogP contribution >= 0.6 is 11.6 Å². The number of aryl methyl sites for hydroxylation is 1. The van der Waals surface area contributed by atoms with E-state index < -0.39 is 0 Å². The van der Waals surface area contributed by atoms with Crippen molar-refractivity contribution < 1.29 is 9.47 Å². The molecule has 0 unspecified atom stereocenters. The lowest BCUT2D eigenvalue weighted by Gasteiger charge is -2.23. The second-order valence-corrected chi connectivity index (χ2v) is 4.27. The fourth-order valence-electron chi connectivity index (χ4n) is 1.67. The van der Waals surface area contributed by atoms with Crippen molar-refractivity contribution in [1.29, 1.82) is 0 Å². The van der Waals surface area contributed by atoms with E-state index in [9.17, 15) is 0 Å². The molecule has 0 bridgehead atoms. The van der Waals surface area contributed by atoms with Crippen LogP contribution in [0.4, 0.5) is 0 Å². The lowest BCUT2D eigenvalue weighted by Crippen LogP contribution is -2.25. The molecule has 0 saturated carbocycles. The molecular weight excluding hydrogens is 212 g/mol. The molecule has 3 heteroatoms. The Morgan fingerprint density at radius 1 is 1.33 bits per heavy atom. The van der Waals surface area contributed by atoms with Gasteiger partial charge < -0.3 is 9.47 Å². The van der Waals surface area contributed by atoms with Crippen LogP contribution in [0.15, 0.2) is 18.2 Å². The molecule has 0 amide bonds. The SMILES string of the molecule is Cc1ccc(OC2CCOCC2)c(Cl)c1. The van der Waals surface area contributed by atoms with Gasteiger partial charge in [0.1, 0.15) is 11.9 Å². The van der Waals surface area contributed by atoms with Crippen LogP contribution in [0.25, 0.3) is 0 Å². The number of hydrogen-bond acceptors (Lipinski definition) is 2. The normalized spacial score (nSPS) is 17.7. The molecule has 2 rings (SSSR count). The summed E-state index contributed by atoms with van der Waals surface area (Å²) in [7, 11) is 0. The first-order valence-electron chi connectivity index (χ1n) is 5.26. The molecule has 0 N–H and O–H groups in total. The molecule has 1 heterocycles. The second-order valence-electron chi connectivity index (χ2n) is 3.86. The first kappa shape index (κ1) is 10.8. The lowest BCUT2D eigenvalue weighted by molar-refractivity contribution is 0.0256. The van der Waals surface area contributed by atoms with Crippen molar-refractivity contribution in [2.45, 2.75) is 25.9 Å². The molecule has 82 valence electrons. The van der Waals surface area contributed by atoms with Crippen LogP contribution in [-0.4, -0.2) is 19.3 Å². The van der Waals surface area contributed by atoms with Gasteiger partial charge in [-0.05, 0) is 24.6 Å². The van der Waals surface area contributed by atoms with Gasteiger partial charge in [0.2, 0.25) is 0 Å². The lowest BCUT2D eigenvalue weighted by atomic mass is 10.1. The van der Waals surface area contributed by atoms with Gasteiger partial charge in [-0.15, -0.1) is 0 Å². The minimum absolute atomic E-state index is 0.249. The van der Waals surface area contributed by atoms with E-state index in [0.717, 1.165) is 37.4 Å². The third-order valence-corrected chi connectivity index (χ3v) is 2.84. The Morgan fingerprint density at radius 3 is 2.73 bits per heavy atom. The number of ether oxygens (including phenoxy) is 2. The Labute approximate surface area is 95.1 Å². The van der Waals surface area contributed by atoms with Crippen molar-refractivity contribution in [3.05, 3.63) is 28.8 Å². The van der Waals surface area contributed by atoms with E-state index in [-0.39, 0.29) is 6.10 Å². The van der Waals surface area contributed by atoms with Gasteiger partial charge in [-0.2, -0.15) is 0 Å². The predicted octanol–water partition coefficient (Wildman–Crippen LogP) is 3.21. The van der Waals surface area contributed by atoms with Crippen molar-refractivity contribution in [1.82, 2.24) is 0 Å². The molecule has 1 aliphatic heterocycles.